The molecule has 0 saturated carbocycles. The van der Waals surface area contributed by atoms with Gasteiger partial charge in [-0.1, -0.05) is 35.5 Å². The van der Waals surface area contributed by atoms with Gasteiger partial charge in [-0.15, -0.1) is 0 Å². The molecule has 1 aromatic carbocycles. The first-order valence-electron chi connectivity index (χ1n) is 11.8. The van der Waals surface area contributed by atoms with Gasteiger partial charge in [0, 0.05) is 18.7 Å². The van der Waals surface area contributed by atoms with E-state index < -0.39 is 42.8 Å². The van der Waals surface area contributed by atoms with Crippen LogP contribution in [-0.4, -0.2) is 71.4 Å². The molecule has 0 unspecified atom stereocenters. The lowest BCUT2D eigenvalue weighted by molar-refractivity contribution is -0.150. The van der Waals surface area contributed by atoms with Crippen LogP contribution in [0.2, 0.25) is 0 Å². The number of aromatic hydroxyl groups is 1. The van der Waals surface area contributed by atoms with Crippen LogP contribution in [0, 0.1) is 0 Å². The zero-order chi connectivity index (χ0) is 27.9. The third-order valence-electron chi connectivity index (χ3n) is 5.32. The minimum absolute atomic E-state index is 0.0241. The summed E-state index contributed by atoms with van der Waals surface area (Å²) in [6, 6.07) is 4.57. The predicted octanol–water partition coefficient (Wildman–Crippen LogP) is 1.84. The number of esters is 2. The number of aliphatic hydroxyl groups is 2. The topological polar surface area (TPSA) is 164 Å². The molecule has 1 heterocycles. The zero-order valence-electron chi connectivity index (χ0n) is 21.1. The van der Waals surface area contributed by atoms with Gasteiger partial charge in [-0.3, -0.25) is 9.59 Å². The standard InChI is InChI=1S/C27H32N2O9/c1-18-10-11-19-6-3-8-23(32)26(19)27(35)38-20(7-4-14-28-24(33)9-5-15-29-36-2)16-25(34)37-21(17-30)12-13-22(18)31/h3-6,8-10,12-15,20-22,30-32H,7,11,16-17H2,1-2H3,(H,28,33)/t20-,21-,22-/m1/s1. The summed E-state index contributed by atoms with van der Waals surface area (Å²) in [5, 5.41) is 36.3. The highest BCUT2D eigenvalue weighted by atomic mass is 16.6. The van der Waals surface area contributed by atoms with Gasteiger partial charge in [-0.2, -0.15) is 0 Å². The molecule has 1 amide bonds. The molecule has 0 saturated heterocycles. The molecule has 0 aromatic heterocycles. The van der Waals surface area contributed by atoms with Crippen LogP contribution in [-0.2, 0) is 30.3 Å². The molecule has 204 valence electrons. The fraction of sp³-hybridized carbons (Fsp3) is 0.333. The Balaban J connectivity index is 2.28. The molecule has 0 fully saturated rings. The second kappa shape index (κ2) is 15.8. The lowest BCUT2D eigenvalue weighted by Crippen LogP contribution is -2.27. The molecule has 1 aliphatic rings. The SMILES string of the molecule is CON=CC=CC(=O)NC=CC[C@@H]1CC(=O)O[C@@H](CO)C=C[C@@H](O)C(C)=CCc2cccc(O)c2C(=O)O1. The number of aliphatic hydroxyl groups excluding tert-OH is 2. The van der Waals surface area contributed by atoms with E-state index >= 15 is 0 Å². The van der Waals surface area contributed by atoms with E-state index in [-0.39, 0.29) is 30.6 Å². The number of hydrogen-bond acceptors (Lipinski definition) is 10. The fourth-order valence-electron chi connectivity index (χ4n) is 3.32. The number of ether oxygens (including phenoxy) is 2. The number of nitrogens with one attached hydrogen (secondary N) is 1. The Morgan fingerprint density at radius 3 is 2.79 bits per heavy atom. The molecule has 3 atom stereocenters. The molecule has 38 heavy (non-hydrogen) atoms. The van der Waals surface area contributed by atoms with Crippen molar-refractivity contribution in [1.82, 2.24) is 5.32 Å². The van der Waals surface area contributed by atoms with E-state index in [1.807, 2.05) is 0 Å². The largest absolute Gasteiger partial charge is 0.507 e. The van der Waals surface area contributed by atoms with Gasteiger partial charge in [0.15, 0.2) is 0 Å². The van der Waals surface area contributed by atoms with E-state index in [1.165, 1.54) is 56.0 Å². The minimum atomic E-state index is -1.02. The van der Waals surface area contributed by atoms with Crippen LogP contribution in [0.15, 0.2) is 71.6 Å². The van der Waals surface area contributed by atoms with Gasteiger partial charge in [0.25, 0.3) is 0 Å². The van der Waals surface area contributed by atoms with Crippen molar-refractivity contribution in [3.8, 4) is 5.75 Å². The molecule has 0 radical (unpaired) electrons. The molecule has 0 aliphatic carbocycles. The number of fused-ring (bicyclic) bond motifs is 1. The van der Waals surface area contributed by atoms with Gasteiger partial charge in [0.2, 0.25) is 5.91 Å². The number of nitrogens with zero attached hydrogens (tertiary/aromatic N) is 1. The van der Waals surface area contributed by atoms with Crippen molar-refractivity contribution in [2.75, 3.05) is 13.7 Å². The van der Waals surface area contributed by atoms with Crippen molar-refractivity contribution < 1.29 is 44.0 Å². The number of allylic oxidation sites excluding steroid dienone is 2. The first kappa shape index (κ1) is 30.0. The predicted molar refractivity (Wildman–Crippen MR) is 138 cm³/mol. The van der Waals surface area contributed by atoms with E-state index in [2.05, 4.69) is 15.3 Å². The number of carbonyl (C=O) groups excluding carboxylic acids is 3. The zero-order valence-corrected chi connectivity index (χ0v) is 21.1. The summed E-state index contributed by atoms with van der Waals surface area (Å²) in [5.74, 6) is -2.37. The van der Waals surface area contributed by atoms with Gasteiger partial charge in [-0.25, -0.2) is 4.79 Å². The second-order valence-corrected chi connectivity index (χ2v) is 8.18. The second-order valence-electron chi connectivity index (χ2n) is 8.18. The van der Waals surface area contributed by atoms with Gasteiger partial charge < -0.3 is 34.9 Å². The van der Waals surface area contributed by atoms with Gasteiger partial charge in [-0.05, 0) is 42.7 Å². The molecule has 1 aliphatic heterocycles. The summed E-state index contributed by atoms with van der Waals surface area (Å²) >= 11 is 0. The Morgan fingerprint density at radius 1 is 1.26 bits per heavy atom. The number of amides is 1. The van der Waals surface area contributed by atoms with Crippen molar-refractivity contribution in [3.63, 3.8) is 0 Å². The van der Waals surface area contributed by atoms with E-state index in [1.54, 1.807) is 25.1 Å². The first-order valence-corrected chi connectivity index (χ1v) is 11.8. The Kier molecular flexibility index (Phi) is 12.5. The molecule has 2 rings (SSSR count). The molecule has 0 spiro atoms. The van der Waals surface area contributed by atoms with Crippen molar-refractivity contribution in [2.45, 2.75) is 44.5 Å². The van der Waals surface area contributed by atoms with Crippen molar-refractivity contribution in [1.29, 1.82) is 0 Å². The summed E-state index contributed by atoms with van der Waals surface area (Å²) < 4.78 is 10.8. The van der Waals surface area contributed by atoms with E-state index in [4.69, 9.17) is 9.47 Å². The minimum Gasteiger partial charge on any atom is -0.507 e. The van der Waals surface area contributed by atoms with Gasteiger partial charge in [0.1, 0.15) is 30.6 Å². The number of carbonyl (C=O) groups is 3. The van der Waals surface area contributed by atoms with Crippen LogP contribution in [0.4, 0.5) is 0 Å². The molecule has 4 N–H and O–H groups in total. The highest BCUT2D eigenvalue weighted by Crippen LogP contribution is 2.25. The molecule has 11 nitrogen and oxygen atoms in total. The average Bonchev–Trinajstić information content (AvgIpc) is 2.89. The number of phenols is 1. The summed E-state index contributed by atoms with van der Waals surface area (Å²) in [4.78, 5) is 41.9. The van der Waals surface area contributed by atoms with Crippen molar-refractivity contribution >= 4 is 24.1 Å². The first-order chi connectivity index (χ1) is 18.2. The van der Waals surface area contributed by atoms with Crippen LogP contribution >= 0.6 is 0 Å². The van der Waals surface area contributed by atoms with E-state index in [0.717, 1.165) is 0 Å². The third kappa shape index (κ3) is 10.0. The molecule has 0 bridgehead atoms. The quantitative estimate of drug-likeness (QED) is 0.136. The normalized spacial score (nSPS) is 21.4. The summed E-state index contributed by atoms with van der Waals surface area (Å²) in [6.07, 6.45) is 7.96. The Labute approximate surface area is 220 Å². The summed E-state index contributed by atoms with van der Waals surface area (Å²) in [5.41, 5.74) is 0.942. The highest BCUT2D eigenvalue weighted by Gasteiger charge is 2.25. The maximum atomic E-state index is 13.1. The number of phenolic OH excluding ortho intramolecular Hbond substituents is 1. The average molecular weight is 529 g/mol. The number of rotatable bonds is 7. The highest BCUT2D eigenvalue weighted by molar-refractivity contribution is 5.94. The van der Waals surface area contributed by atoms with Gasteiger partial charge in [0.05, 0.1) is 25.3 Å². The van der Waals surface area contributed by atoms with E-state index in [9.17, 15) is 29.7 Å². The van der Waals surface area contributed by atoms with Crippen LogP contribution in [0.25, 0.3) is 0 Å². The smallest absolute Gasteiger partial charge is 0.342 e. The number of oxime groups is 1. The van der Waals surface area contributed by atoms with Crippen LogP contribution < -0.4 is 5.32 Å². The monoisotopic (exact) mass is 528 g/mol. The summed E-state index contributed by atoms with van der Waals surface area (Å²) in [6.45, 7) is 1.16. The maximum absolute atomic E-state index is 13.1. The summed E-state index contributed by atoms with van der Waals surface area (Å²) in [7, 11) is 1.37. The third-order valence-corrected chi connectivity index (χ3v) is 5.32. The molecular weight excluding hydrogens is 496 g/mol. The van der Waals surface area contributed by atoms with E-state index in [0.29, 0.717) is 11.1 Å². The molecule has 11 heteroatoms. The van der Waals surface area contributed by atoms with Crippen LogP contribution in [0.5, 0.6) is 5.75 Å². The van der Waals surface area contributed by atoms with Crippen LogP contribution in [0.3, 0.4) is 0 Å². The Bertz CT molecular complexity index is 1120. The van der Waals surface area contributed by atoms with Crippen molar-refractivity contribution in [3.05, 3.63) is 77.6 Å². The maximum Gasteiger partial charge on any atom is 0.342 e. The fourth-order valence-corrected chi connectivity index (χ4v) is 3.32. The van der Waals surface area contributed by atoms with Crippen molar-refractivity contribution in [2.24, 2.45) is 5.16 Å². The number of benzene rings is 1. The molecule has 1 aromatic rings. The number of hydrogen-bond donors (Lipinski definition) is 4. The molecular formula is C27H32N2O9. The lowest BCUT2D eigenvalue weighted by atomic mass is 10.0. The Morgan fingerprint density at radius 2 is 2.05 bits per heavy atom. The van der Waals surface area contributed by atoms with Gasteiger partial charge >= 0.3 is 11.9 Å². The number of cyclic esters (lactones) is 2. The lowest BCUT2D eigenvalue weighted by Gasteiger charge is -2.19. The van der Waals surface area contributed by atoms with Crippen LogP contribution in [0.1, 0.15) is 35.7 Å². The Hall–Kier alpha value is -4.22.